The van der Waals surface area contributed by atoms with Gasteiger partial charge in [-0.2, -0.15) is 0 Å². The van der Waals surface area contributed by atoms with Crippen LogP contribution in [0, 0.1) is 12.3 Å². The highest BCUT2D eigenvalue weighted by atomic mass is 32.1. The third-order valence-corrected chi connectivity index (χ3v) is 4.41. The Balaban J connectivity index is 2.73. The van der Waals surface area contributed by atoms with Gasteiger partial charge in [0, 0.05) is 9.75 Å². The molecule has 1 heterocycles. The van der Waals surface area contributed by atoms with E-state index < -0.39 is 5.41 Å². The molecule has 1 aromatic heterocycles. The van der Waals surface area contributed by atoms with Gasteiger partial charge in [0.25, 0.3) is 0 Å². The Morgan fingerprint density at radius 2 is 2.12 bits per heavy atom. The van der Waals surface area contributed by atoms with E-state index in [-0.39, 0.29) is 16.9 Å². The van der Waals surface area contributed by atoms with Crippen LogP contribution in [0.2, 0.25) is 0 Å². The topological polar surface area (TPSA) is 55.1 Å². The fourth-order valence-electron chi connectivity index (χ4n) is 1.25. The Labute approximate surface area is 111 Å². The van der Waals surface area contributed by atoms with Crippen LogP contribution in [0.5, 0.6) is 0 Å². The summed E-state index contributed by atoms with van der Waals surface area (Å²) in [5.41, 5.74) is 4.75. The molecule has 0 aromatic carbocycles. The van der Waals surface area contributed by atoms with Crippen LogP contribution >= 0.6 is 23.6 Å². The van der Waals surface area contributed by atoms with E-state index in [0.29, 0.717) is 0 Å². The molecule has 94 valence electrons. The molecule has 0 fully saturated rings. The number of carbonyl (C=O) groups excluding carboxylic acids is 1. The standard InChI is InChI=1S/C12H18N2OS2/c1-7-5-6-9(17-7)8(2)14-11(15)12(3,4)10(13)16/h5-6,8H,1-4H3,(H2,13,16)(H,14,15). The van der Waals surface area contributed by atoms with Gasteiger partial charge >= 0.3 is 0 Å². The second kappa shape index (κ2) is 5.14. The monoisotopic (exact) mass is 270 g/mol. The van der Waals surface area contributed by atoms with Gasteiger partial charge in [0.15, 0.2) is 0 Å². The lowest BCUT2D eigenvalue weighted by Gasteiger charge is -2.24. The van der Waals surface area contributed by atoms with Crippen molar-refractivity contribution in [2.45, 2.75) is 33.7 Å². The first-order valence-electron chi connectivity index (χ1n) is 5.42. The lowest BCUT2D eigenvalue weighted by molar-refractivity contribution is -0.126. The van der Waals surface area contributed by atoms with E-state index in [1.54, 1.807) is 25.2 Å². The summed E-state index contributed by atoms with van der Waals surface area (Å²) < 4.78 is 0. The zero-order valence-electron chi connectivity index (χ0n) is 10.5. The molecule has 0 saturated heterocycles. The van der Waals surface area contributed by atoms with E-state index in [9.17, 15) is 4.79 Å². The molecule has 0 aliphatic carbocycles. The van der Waals surface area contributed by atoms with E-state index >= 15 is 0 Å². The SMILES string of the molecule is Cc1ccc(C(C)NC(=O)C(C)(C)C(N)=S)s1. The Bertz CT molecular complexity index is 437. The summed E-state index contributed by atoms with van der Waals surface area (Å²) >= 11 is 6.58. The third-order valence-electron chi connectivity index (χ3n) is 2.72. The zero-order chi connectivity index (χ0) is 13.2. The second-order valence-corrected chi connectivity index (χ2v) is 6.39. The van der Waals surface area contributed by atoms with Gasteiger partial charge < -0.3 is 11.1 Å². The minimum Gasteiger partial charge on any atom is -0.392 e. The predicted molar refractivity (Wildman–Crippen MR) is 76.2 cm³/mol. The summed E-state index contributed by atoms with van der Waals surface area (Å²) in [6.07, 6.45) is 0. The minimum absolute atomic E-state index is 0.0187. The van der Waals surface area contributed by atoms with Crippen LogP contribution < -0.4 is 11.1 Å². The van der Waals surface area contributed by atoms with Crippen molar-refractivity contribution in [1.82, 2.24) is 5.32 Å². The van der Waals surface area contributed by atoms with Crippen LogP contribution in [-0.2, 0) is 4.79 Å². The molecule has 0 bridgehead atoms. The molecule has 5 heteroatoms. The van der Waals surface area contributed by atoms with Crippen LogP contribution in [-0.4, -0.2) is 10.9 Å². The van der Waals surface area contributed by atoms with Crippen LogP contribution in [0.1, 0.15) is 36.6 Å². The van der Waals surface area contributed by atoms with Gasteiger partial charge in [0.1, 0.15) is 0 Å². The lowest BCUT2D eigenvalue weighted by Crippen LogP contribution is -2.45. The average molecular weight is 270 g/mol. The van der Waals surface area contributed by atoms with Crippen molar-refractivity contribution in [2.24, 2.45) is 11.1 Å². The van der Waals surface area contributed by atoms with Crippen LogP contribution in [0.15, 0.2) is 12.1 Å². The van der Waals surface area contributed by atoms with Gasteiger partial charge in [-0.1, -0.05) is 12.2 Å². The van der Waals surface area contributed by atoms with Crippen molar-refractivity contribution in [1.29, 1.82) is 0 Å². The second-order valence-electron chi connectivity index (χ2n) is 4.63. The predicted octanol–water partition coefficient (Wildman–Crippen LogP) is 2.55. The maximum Gasteiger partial charge on any atom is 0.232 e. The molecule has 0 spiro atoms. The summed E-state index contributed by atoms with van der Waals surface area (Å²) in [7, 11) is 0. The van der Waals surface area contributed by atoms with Gasteiger partial charge in [-0.15, -0.1) is 11.3 Å². The highest BCUT2D eigenvalue weighted by molar-refractivity contribution is 7.80. The van der Waals surface area contributed by atoms with Crippen LogP contribution in [0.3, 0.4) is 0 Å². The number of amides is 1. The number of hydrogen-bond donors (Lipinski definition) is 2. The first kappa shape index (κ1) is 14.1. The largest absolute Gasteiger partial charge is 0.392 e. The van der Waals surface area contributed by atoms with Gasteiger partial charge in [-0.05, 0) is 39.8 Å². The quantitative estimate of drug-likeness (QED) is 0.827. The van der Waals surface area contributed by atoms with Crippen molar-refractivity contribution in [3.8, 4) is 0 Å². The summed E-state index contributed by atoms with van der Waals surface area (Å²) in [5, 5.41) is 2.94. The summed E-state index contributed by atoms with van der Waals surface area (Å²) in [4.78, 5) is 14.6. The van der Waals surface area contributed by atoms with E-state index in [1.807, 2.05) is 26.0 Å². The molecular weight excluding hydrogens is 252 g/mol. The number of carbonyl (C=O) groups is 1. The number of thiophene rings is 1. The maximum atomic E-state index is 12.0. The maximum absolute atomic E-state index is 12.0. The van der Waals surface area contributed by atoms with Crippen molar-refractivity contribution < 1.29 is 4.79 Å². The number of hydrogen-bond acceptors (Lipinski definition) is 3. The molecular formula is C12H18N2OS2. The fourth-order valence-corrected chi connectivity index (χ4v) is 2.22. The van der Waals surface area contributed by atoms with E-state index in [4.69, 9.17) is 18.0 Å². The van der Waals surface area contributed by atoms with E-state index in [1.165, 1.54) is 4.88 Å². The number of aryl methyl sites for hydroxylation is 1. The molecule has 1 amide bonds. The third kappa shape index (κ3) is 3.26. The molecule has 0 aliphatic rings. The summed E-state index contributed by atoms with van der Waals surface area (Å²) in [6.45, 7) is 7.47. The molecule has 3 N–H and O–H groups in total. The van der Waals surface area contributed by atoms with Crippen molar-refractivity contribution >= 4 is 34.5 Å². The Morgan fingerprint density at radius 1 is 1.53 bits per heavy atom. The van der Waals surface area contributed by atoms with Crippen molar-refractivity contribution in [3.05, 3.63) is 21.9 Å². The highest BCUT2D eigenvalue weighted by Gasteiger charge is 2.31. The zero-order valence-corrected chi connectivity index (χ0v) is 12.2. The number of thiocarbonyl (C=S) groups is 1. The van der Waals surface area contributed by atoms with Gasteiger partial charge in [0.2, 0.25) is 5.91 Å². The molecule has 1 unspecified atom stereocenters. The average Bonchev–Trinajstić information content (AvgIpc) is 2.64. The molecule has 0 radical (unpaired) electrons. The molecule has 3 nitrogen and oxygen atoms in total. The van der Waals surface area contributed by atoms with Gasteiger partial charge in [-0.3, -0.25) is 4.79 Å². The van der Waals surface area contributed by atoms with Crippen LogP contribution in [0.25, 0.3) is 0 Å². The molecule has 0 saturated carbocycles. The van der Waals surface area contributed by atoms with Gasteiger partial charge in [-0.25, -0.2) is 0 Å². The molecule has 1 atom stereocenters. The molecule has 1 rings (SSSR count). The minimum atomic E-state index is -0.810. The van der Waals surface area contributed by atoms with Crippen molar-refractivity contribution in [2.75, 3.05) is 0 Å². The Morgan fingerprint density at radius 3 is 2.53 bits per heavy atom. The lowest BCUT2D eigenvalue weighted by atomic mass is 9.92. The smallest absolute Gasteiger partial charge is 0.232 e. The van der Waals surface area contributed by atoms with E-state index in [2.05, 4.69) is 5.32 Å². The van der Waals surface area contributed by atoms with Crippen molar-refractivity contribution in [3.63, 3.8) is 0 Å². The number of nitrogens with two attached hydrogens (primary N) is 1. The van der Waals surface area contributed by atoms with Crippen LogP contribution in [0.4, 0.5) is 0 Å². The first-order chi connectivity index (χ1) is 7.75. The van der Waals surface area contributed by atoms with Gasteiger partial charge in [0.05, 0.1) is 16.4 Å². The first-order valence-corrected chi connectivity index (χ1v) is 6.65. The molecule has 17 heavy (non-hydrogen) atoms. The summed E-state index contributed by atoms with van der Waals surface area (Å²) in [5.74, 6) is -0.136. The molecule has 0 aliphatic heterocycles. The number of nitrogens with one attached hydrogen (secondary N) is 1. The normalized spacial score (nSPS) is 13.2. The molecule has 1 aromatic rings. The number of rotatable bonds is 4. The highest BCUT2D eigenvalue weighted by Crippen LogP contribution is 2.24. The summed E-state index contributed by atoms with van der Waals surface area (Å²) in [6, 6.07) is 4.05. The Kier molecular flexibility index (Phi) is 4.27. The fraction of sp³-hybridized carbons (Fsp3) is 0.500. The van der Waals surface area contributed by atoms with E-state index in [0.717, 1.165) is 4.88 Å². The Hall–Kier alpha value is -0.940.